The first-order valence-corrected chi connectivity index (χ1v) is 10.8. The number of hydrogen-bond donors (Lipinski definition) is 1. The molecule has 0 amide bonds. The highest BCUT2D eigenvalue weighted by Crippen LogP contribution is 2.23. The van der Waals surface area contributed by atoms with Crippen LogP contribution in [0.3, 0.4) is 0 Å². The third kappa shape index (κ3) is 4.05. The zero-order chi connectivity index (χ0) is 19.4. The van der Waals surface area contributed by atoms with Gasteiger partial charge in [0, 0.05) is 30.9 Å². The zero-order valence-electron chi connectivity index (χ0n) is 15.4. The number of piperidine rings is 1. The molecule has 1 aliphatic rings. The van der Waals surface area contributed by atoms with Gasteiger partial charge in [-0.2, -0.15) is 4.31 Å². The monoisotopic (exact) mass is 394 g/mol. The summed E-state index contributed by atoms with van der Waals surface area (Å²) in [5.74, 6) is 0.575. The molecule has 0 aliphatic carbocycles. The van der Waals surface area contributed by atoms with Crippen molar-refractivity contribution in [2.75, 3.05) is 18.4 Å². The molecule has 0 saturated carbocycles. The molecule has 6 nitrogen and oxygen atoms in total. The number of nitrogens with zero attached hydrogens (tertiary/aromatic N) is 3. The van der Waals surface area contributed by atoms with Crippen LogP contribution in [0.25, 0.3) is 11.3 Å². The molecule has 1 aromatic heterocycles. The number of benzene rings is 2. The fourth-order valence-corrected chi connectivity index (χ4v) is 4.85. The van der Waals surface area contributed by atoms with E-state index in [0.29, 0.717) is 36.8 Å². The van der Waals surface area contributed by atoms with Crippen LogP contribution < -0.4 is 5.32 Å². The van der Waals surface area contributed by atoms with Gasteiger partial charge in [0.25, 0.3) is 0 Å². The molecule has 1 saturated heterocycles. The van der Waals surface area contributed by atoms with Gasteiger partial charge >= 0.3 is 0 Å². The Kier molecular flexibility index (Phi) is 5.36. The second-order valence-electron chi connectivity index (χ2n) is 6.77. The molecule has 144 valence electrons. The molecule has 0 atom stereocenters. The molecule has 0 bridgehead atoms. The molecular formula is C21H22N4O2S. The van der Waals surface area contributed by atoms with E-state index in [1.54, 1.807) is 34.8 Å². The van der Waals surface area contributed by atoms with Gasteiger partial charge in [0.15, 0.2) is 0 Å². The van der Waals surface area contributed by atoms with Crippen LogP contribution in [-0.4, -0.2) is 41.8 Å². The largest absolute Gasteiger partial charge is 0.351 e. The van der Waals surface area contributed by atoms with Gasteiger partial charge in [-0.1, -0.05) is 48.5 Å². The second kappa shape index (κ2) is 8.08. The first kappa shape index (κ1) is 18.6. The molecule has 0 unspecified atom stereocenters. The molecule has 7 heteroatoms. The van der Waals surface area contributed by atoms with E-state index >= 15 is 0 Å². The lowest BCUT2D eigenvalue weighted by Gasteiger charge is -2.31. The number of sulfonamides is 1. The molecule has 0 radical (unpaired) electrons. The van der Waals surface area contributed by atoms with Gasteiger partial charge in [-0.05, 0) is 31.0 Å². The lowest BCUT2D eigenvalue weighted by Crippen LogP contribution is -2.42. The van der Waals surface area contributed by atoms with Crippen molar-refractivity contribution in [1.82, 2.24) is 14.3 Å². The van der Waals surface area contributed by atoms with Crippen molar-refractivity contribution in [2.45, 2.75) is 23.8 Å². The number of hydrogen-bond acceptors (Lipinski definition) is 5. The standard InChI is InChI=1S/C21H22N4O2S/c26-28(27,19-9-5-2-6-10-19)25-15-12-18(13-16-25)23-21-22-14-11-20(24-21)17-7-3-1-4-8-17/h1-11,14,18H,12-13,15-16H2,(H,22,23,24). The topological polar surface area (TPSA) is 75.2 Å². The van der Waals surface area contributed by atoms with Crippen LogP contribution in [0.1, 0.15) is 12.8 Å². The van der Waals surface area contributed by atoms with Crippen molar-refractivity contribution in [1.29, 1.82) is 0 Å². The Morgan fingerprint density at radius 3 is 2.21 bits per heavy atom. The van der Waals surface area contributed by atoms with Crippen molar-refractivity contribution in [3.8, 4) is 11.3 Å². The first-order valence-electron chi connectivity index (χ1n) is 9.33. The summed E-state index contributed by atoms with van der Waals surface area (Å²) < 4.78 is 27.0. The zero-order valence-corrected chi connectivity index (χ0v) is 16.2. The van der Waals surface area contributed by atoms with Crippen LogP contribution in [-0.2, 0) is 10.0 Å². The van der Waals surface area contributed by atoms with Gasteiger partial charge in [0.1, 0.15) is 0 Å². The van der Waals surface area contributed by atoms with E-state index in [2.05, 4.69) is 15.3 Å². The van der Waals surface area contributed by atoms with E-state index in [0.717, 1.165) is 11.3 Å². The smallest absolute Gasteiger partial charge is 0.243 e. The summed E-state index contributed by atoms with van der Waals surface area (Å²) in [7, 11) is -3.43. The molecular weight excluding hydrogens is 372 g/mol. The van der Waals surface area contributed by atoms with E-state index < -0.39 is 10.0 Å². The predicted molar refractivity (Wildman–Crippen MR) is 109 cm³/mol. The first-order chi connectivity index (χ1) is 13.6. The highest BCUT2D eigenvalue weighted by atomic mass is 32.2. The normalized spacial score (nSPS) is 16.0. The maximum atomic E-state index is 12.7. The molecule has 0 spiro atoms. The van der Waals surface area contributed by atoms with Crippen molar-refractivity contribution in [3.63, 3.8) is 0 Å². The number of anilines is 1. The molecule has 4 rings (SSSR count). The van der Waals surface area contributed by atoms with Gasteiger partial charge in [0.2, 0.25) is 16.0 Å². The summed E-state index contributed by atoms with van der Waals surface area (Å²) in [5.41, 5.74) is 1.90. The van der Waals surface area contributed by atoms with Crippen molar-refractivity contribution < 1.29 is 8.42 Å². The van der Waals surface area contributed by atoms with E-state index in [1.807, 2.05) is 42.5 Å². The summed E-state index contributed by atoms with van der Waals surface area (Å²) in [6, 6.07) is 20.6. The molecule has 1 N–H and O–H groups in total. The minimum atomic E-state index is -3.43. The third-order valence-electron chi connectivity index (χ3n) is 4.89. The fraction of sp³-hybridized carbons (Fsp3) is 0.238. The average molecular weight is 395 g/mol. The Balaban J connectivity index is 1.40. The average Bonchev–Trinajstić information content (AvgIpc) is 2.76. The molecule has 3 aromatic rings. The SMILES string of the molecule is O=S(=O)(c1ccccc1)N1CCC(Nc2nccc(-c3ccccc3)n2)CC1. The van der Waals surface area contributed by atoms with Crippen LogP contribution in [0, 0.1) is 0 Å². The van der Waals surface area contributed by atoms with Crippen LogP contribution in [0.5, 0.6) is 0 Å². The maximum absolute atomic E-state index is 12.7. The summed E-state index contributed by atoms with van der Waals surface area (Å²) in [6.45, 7) is 0.959. The Labute approximate surface area is 165 Å². The highest BCUT2D eigenvalue weighted by Gasteiger charge is 2.29. The van der Waals surface area contributed by atoms with E-state index in [-0.39, 0.29) is 6.04 Å². The Morgan fingerprint density at radius 2 is 1.54 bits per heavy atom. The van der Waals surface area contributed by atoms with Crippen LogP contribution >= 0.6 is 0 Å². The minimum Gasteiger partial charge on any atom is -0.351 e. The highest BCUT2D eigenvalue weighted by molar-refractivity contribution is 7.89. The Morgan fingerprint density at radius 1 is 0.893 bits per heavy atom. The molecule has 1 aliphatic heterocycles. The molecule has 1 fully saturated rings. The third-order valence-corrected chi connectivity index (χ3v) is 6.81. The maximum Gasteiger partial charge on any atom is 0.243 e. The Bertz CT molecular complexity index is 1020. The van der Waals surface area contributed by atoms with Crippen molar-refractivity contribution >= 4 is 16.0 Å². The summed E-state index contributed by atoms with van der Waals surface area (Å²) in [4.78, 5) is 9.27. The summed E-state index contributed by atoms with van der Waals surface area (Å²) >= 11 is 0. The summed E-state index contributed by atoms with van der Waals surface area (Å²) in [6.07, 6.45) is 3.17. The van der Waals surface area contributed by atoms with Gasteiger partial charge in [-0.15, -0.1) is 0 Å². The van der Waals surface area contributed by atoms with Crippen LogP contribution in [0.15, 0.2) is 77.8 Å². The Hall–Kier alpha value is -2.77. The van der Waals surface area contributed by atoms with E-state index in [1.165, 1.54) is 0 Å². The second-order valence-corrected chi connectivity index (χ2v) is 8.71. The van der Waals surface area contributed by atoms with Gasteiger partial charge in [0.05, 0.1) is 10.6 Å². The molecule has 2 heterocycles. The van der Waals surface area contributed by atoms with Gasteiger partial charge in [-0.3, -0.25) is 0 Å². The number of nitrogens with one attached hydrogen (secondary N) is 1. The minimum absolute atomic E-state index is 0.147. The number of rotatable bonds is 5. The van der Waals surface area contributed by atoms with Crippen LogP contribution in [0.4, 0.5) is 5.95 Å². The molecule has 28 heavy (non-hydrogen) atoms. The number of aromatic nitrogens is 2. The molecule has 2 aromatic carbocycles. The fourth-order valence-electron chi connectivity index (χ4n) is 3.36. The lowest BCUT2D eigenvalue weighted by atomic mass is 10.1. The van der Waals surface area contributed by atoms with Crippen molar-refractivity contribution in [3.05, 3.63) is 72.9 Å². The summed E-state index contributed by atoms with van der Waals surface area (Å²) in [5, 5.41) is 3.36. The lowest BCUT2D eigenvalue weighted by molar-refractivity contribution is 0.329. The van der Waals surface area contributed by atoms with E-state index in [9.17, 15) is 8.42 Å². The predicted octanol–water partition coefficient (Wildman–Crippen LogP) is 3.41. The quantitative estimate of drug-likeness (QED) is 0.718. The van der Waals surface area contributed by atoms with Crippen LogP contribution in [0.2, 0.25) is 0 Å². The van der Waals surface area contributed by atoms with Gasteiger partial charge in [-0.25, -0.2) is 18.4 Å². The van der Waals surface area contributed by atoms with Crippen molar-refractivity contribution in [2.24, 2.45) is 0 Å². The van der Waals surface area contributed by atoms with E-state index in [4.69, 9.17) is 0 Å². The van der Waals surface area contributed by atoms with Gasteiger partial charge < -0.3 is 5.32 Å².